The first-order valence-corrected chi connectivity index (χ1v) is 11.2. The second-order valence-corrected chi connectivity index (χ2v) is 9.63. The second-order valence-electron chi connectivity index (χ2n) is 8.32. The van der Waals surface area contributed by atoms with Crippen LogP contribution < -0.4 is 5.56 Å². The van der Waals surface area contributed by atoms with Crippen molar-refractivity contribution < 1.29 is 4.79 Å². The fraction of sp³-hybridized carbons (Fsp3) is 0.591. The number of nitrogens with zero attached hydrogens (tertiary/aromatic N) is 3. The predicted molar refractivity (Wildman–Crippen MR) is 116 cm³/mol. The van der Waals surface area contributed by atoms with Crippen LogP contribution in [0.4, 0.5) is 0 Å². The molecule has 3 rings (SSSR count). The van der Waals surface area contributed by atoms with E-state index in [0.29, 0.717) is 34.4 Å². The number of benzene rings is 1. The number of hydrogen-bond donors (Lipinski definition) is 0. The van der Waals surface area contributed by atoms with Crippen LogP contribution in [0.15, 0.2) is 34.2 Å². The van der Waals surface area contributed by atoms with E-state index in [1.54, 1.807) is 4.57 Å². The summed E-state index contributed by atoms with van der Waals surface area (Å²) in [4.78, 5) is 32.7. The minimum Gasteiger partial charge on any atom is -0.342 e. The molecule has 0 radical (unpaired) electrons. The van der Waals surface area contributed by atoms with Crippen molar-refractivity contribution in [2.75, 3.05) is 13.1 Å². The number of amides is 1. The van der Waals surface area contributed by atoms with Crippen LogP contribution >= 0.6 is 11.8 Å². The Morgan fingerprint density at radius 3 is 2.57 bits per heavy atom. The Hall–Kier alpha value is -1.82. The zero-order valence-electron chi connectivity index (χ0n) is 17.4. The molecule has 0 aliphatic carbocycles. The van der Waals surface area contributed by atoms with E-state index in [4.69, 9.17) is 4.98 Å². The summed E-state index contributed by atoms with van der Waals surface area (Å²) < 4.78 is 1.76. The molecule has 28 heavy (non-hydrogen) atoms. The van der Waals surface area contributed by atoms with Crippen molar-refractivity contribution in [3.05, 3.63) is 34.6 Å². The van der Waals surface area contributed by atoms with Crippen LogP contribution in [0.1, 0.15) is 47.0 Å². The number of carbonyl (C=O) groups excluding carboxylic acids is 1. The molecule has 1 unspecified atom stereocenters. The van der Waals surface area contributed by atoms with Gasteiger partial charge in [-0.3, -0.25) is 14.2 Å². The zero-order valence-corrected chi connectivity index (χ0v) is 18.2. The van der Waals surface area contributed by atoms with Gasteiger partial charge in [-0.2, -0.15) is 0 Å². The van der Waals surface area contributed by atoms with E-state index in [1.807, 2.05) is 36.1 Å². The summed E-state index contributed by atoms with van der Waals surface area (Å²) in [5, 5.41) is 1.03. The lowest BCUT2D eigenvalue weighted by Gasteiger charge is -2.32. The number of para-hydroxylation sites is 1. The van der Waals surface area contributed by atoms with Crippen LogP contribution in [0.2, 0.25) is 0 Å². The molecule has 2 heterocycles. The van der Waals surface area contributed by atoms with Crippen molar-refractivity contribution in [3.63, 3.8) is 0 Å². The molecule has 1 saturated heterocycles. The summed E-state index contributed by atoms with van der Waals surface area (Å²) in [6.45, 7) is 10.8. The Bertz CT molecular complexity index is 885. The highest BCUT2D eigenvalue weighted by molar-refractivity contribution is 8.00. The molecule has 1 aromatic carbocycles. The molecule has 1 atom stereocenters. The van der Waals surface area contributed by atoms with Gasteiger partial charge in [0.25, 0.3) is 5.56 Å². The van der Waals surface area contributed by atoms with E-state index in [-0.39, 0.29) is 16.7 Å². The van der Waals surface area contributed by atoms with Gasteiger partial charge in [-0.25, -0.2) is 4.98 Å². The normalized spacial score (nSPS) is 16.7. The first-order valence-electron chi connectivity index (χ1n) is 10.3. The highest BCUT2D eigenvalue weighted by Gasteiger charge is 2.26. The number of carbonyl (C=O) groups is 1. The maximum Gasteiger partial charge on any atom is 0.262 e. The standard InChI is InChI=1S/C22H31N3O2S/c1-15(2)9-14-25-21(27)18-7-5-6-8-19(18)23-22(25)28-17(4)20(26)24-12-10-16(3)11-13-24/h5-8,15-17H,9-14H2,1-4H3. The molecule has 0 saturated carbocycles. The van der Waals surface area contributed by atoms with Gasteiger partial charge in [-0.15, -0.1) is 0 Å². The topological polar surface area (TPSA) is 55.2 Å². The maximum absolute atomic E-state index is 13.1. The number of fused-ring (bicyclic) bond motifs is 1. The Morgan fingerprint density at radius 2 is 1.89 bits per heavy atom. The summed E-state index contributed by atoms with van der Waals surface area (Å²) in [6.07, 6.45) is 3.03. The van der Waals surface area contributed by atoms with Crippen LogP contribution in [0.5, 0.6) is 0 Å². The number of thioether (sulfide) groups is 1. The molecule has 6 heteroatoms. The molecular weight excluding hydrogens is 370 g/mol. The van der Waals surface area contributed by atoms with E-state index in [1.165, 1.54) is 11.8 Å². The van der Waals surface area contributed by atoms with E-state index in [2.05, 4.69) is 20.8 Å². The predicted octanol–water partition coefficient (Wildman–Crippen LogP) is 4.18. The summed E-state index contributed by atoms with van der Waals surface area (Å²) in [5.74, 6) is 1.33. The van der Waals surface area contributed by atoms with Crippen molar-refractivity contribution in [1.82, 2.24) is 14.5 Å². The average molecular weight is 402 g/mol. The Labute approximate surface area is 171 Å². The number of rotatable bonds is 6. The third kappa shape index (κ3) is 4.77. The molecule has 5 nitrogen and oxygen atoms in total. The highest BCUT2D eigenvalue weighted by Crippen LogP contribution is 2.26. The minimum atomic E-state index is -0.258. The second kappa shape index (κ2) is 9.12. The average Bonchev–Trinajstić information content (AvgIpc) is 2.67. The molecule has 1 fully saturated rings. The van der Waals surface area contributed by atoms with Gasteiger partial charge in [-0.1, -0.05) is 44.7 Å². The zero-order chi connectivity index (χ0) is 20.3. The monoisotopic (exact) mass is 401 g/mol. The molecule has 0 N–H and O–H groups in total. The summed E-state index contributed by atoms with van der Waals surface area (Å²) in [5.41, 5.74) is 0.683. The SMILES string of the molecule is CC(C)CCn1c(SC(C)C(=O)N2CCC(C)CC2)nc2ccccc2c1=O. The van der Waals surface area contributed by atoms with Gasteiger partial charge in [0.1, 0.15) is 0 Å². The van der Waals surface area contributed by atoms with Crippen LogP contribution in [0.3, 0.4) is 0 Å². The quantitative estimate of drug-likeness (QED) is 0.538. The third-order valence-electron chi connectivity index (χ3n) is 5.48. The number of aromatic nitrogens is 2. The number of likely N-dealkylation sites (tertiary alicyclic amines) is 1. The lowest BCUT2D eigenvalue weighted by Crippen LogP contribution is -2.42. The molecule has 0 bridgehead atoms. The van der Waals surface area contributed by atoms with Crippen LogP contribution in [0, 0.1) is 11.8 Å². The van der Waals surface area contributed by atoms with E-state index >= 15 is 0 Å². The first-order chi connectivity index (χ1) is 13.4. The van der Waals surface area contributed by atoms with Crippen molar-refractivity contribution >= 4 is 28.6 Å². The molecular formula is C22H31N3O2S. The largest absolute Gasteiger partial charge is 0.342 e. The smallest absolute Gasteiger partial charge is 0.262 e. The summed E-state index contributed by atoms with van der Waals surface area (Å²) in [7, 11) is 0. The van der Waals surface area contributed by atoms with E-state index in [9.17, 15) is 9.59 Å². The minimum absolute atomic E-state index is 0.0137. The molecule has 1 aromatic heterocycles. The van der Waals surface area contributed by atoms with Gasteiger partial charge < -0.3 is 4.90 Å². The fourth-order valence-corrected chi connectivity index (χ4v) is 4.54. The van der Waals surface area contributed by atoms with Crippen molar-refractivity contribution in [1.29, 1.82) is 0 Å². The van der Waals surface area contributed by atoms with Crippen molar-refractivity contribution in [2.45, 2.75) is 63.9 Å². The fourth-order valence-electron chi connectivity index (χ4n) is 3.52. The Morgan fingerprint density at radius 1 is 1.21 bits per heavy atom. The number of piperidine rings is 1. The van der Waals surface area contributed by atoms with E-state index in [0.717, 1.165) is 32.4 Å². The first kappa shape index (κ1) is 20.9. The summed E-state index contributed by atoms with van der Waals surface area (Å²) >= 11 is 1.41. The van der Waals surface area contributed by atoms with Crippen LogP contribution in [0.25, 0.3) is 10.9 Å². The third-order valence-corrected chi connectivity index (χ3v) is 6.56. The molecule has 0 spiro atoms. The molecule has 1 aliphatic heterocycles. The molecule has 1 amide bonds. The molecule has 2 aromatic rings. The van der Waals surface area contributed by atoms with Gasteiger partial charge in [0.2, 0.25) is 5.91 Å². The van der Waals surface area contributed by atoms with Crippen LogP contribution in [-0.2, 0) is 11.3 Å². The van der Waals surface area contributed by atoms with Gasteiger partial charge in [0, 0.05) is 19.6 Å². The Balaban J connectivity index is 1.86. The maximum atomic E-state index is 13.1. The van der Waals surface area contributed by atoms with Crippen molar-refractivity contribution in [2.24, 2.45) is 11.8 Å². The van der Waals surface area contributed by atoms with Crippen molar-refractivity contribution in [3.8, 4) is 0 Å². The van der Waals surface area contributed by atoms with Gasteiger partial charge in [-0.05, 0) is 50.2 Å². The van der Waals surface area contributed by atoms with Gasteiger partial charge in [0.15, 0.2) is 5.16 Å². The van der Waals surface area contributed by atoms with Gasteiger partial charge >= 0.3 is 0 Å². The van der Waals surface area contributed by atoms with E-state index < -0.39 is 0 Å². The Kier molecular flexibility index (Phi) is 6.81. The lowest BCUT2D eigenvalue weighted by atomic mass is 9.99. The lowest BCUT2D eigenvalue weighted by molar-refractivity contribution is -0.131. The van der Waals surface area contributed by atoms with Gasteiger partial charge in [0.05, 0.1) is 16.2 Å². The van der Waals surface area contributed by atoms with Crippen LogP contribution in [-0.4, -0.2) is 38.7 Å². The number of hydrogen-bond acceptors (Lipinski definition) is 4. The molecule has 152 valence electrons. The summed E-state index contributed by atoms with van der Waals surface area (Å²) in [6, 6.07) is 7.46. The molecule has 1 aliphatic rings. The highest BCUT2D eigenvalue weighted by atomic mass is 32.2.